The second-order valence-electron chi connectivity index (χ2n) is 5.48. The molecule has 3 rings (SSSR count). The van der Waals surface area contributed by atoms with Crippen molar-refractivity contribution in [2.24, 2.45) is 0 Å². The molecule has 0 fully saturated rings. The lowest BCUT2D eigenvalue weighted by molar-refractivity contribution is 0.0690. The van der Waals surface area contributed by atoms with Crippen LogP contribution < -0.4 is 0 Å². The van der Waals surface area contributed by atoms with E-state index in [1.165, 1.54) is 0 Å². The molecule has 2 aromatic heterocycles. The molecule has 23 heavy (non-hydrogen) atoms. The molecule has 0 unspecified atom stereocenters. The van der Waals surface area contributed by atoms with Gasteiger partial charge in [0, 0.05) is 19.6 Å². The number of benzene rings is 1. The number of carbonyl (C=O) groups is 1. The van der Waals surface area contributed by atoms with Crippen molar-refractivity contribution in [3.63, 3.8) is 0 Å². The lowest BCUT2D eigenvalue weighted by atomic mass is 10.2. The van der Waals surface area contributed by atoms with Crippen LogP contribution in [-0.4, -0.2) is 48.2 Å². The van der Waals surface area contributed by atoms with Crippen LogP contribution in [0.4, 0.5) is 0 Å². The Balaban J connectivity index is 1.69. The summed E-state index contributed by atoms with van der Waals surface area (Å²) in [5.74, 6) is -1.03. The summed E-state index contributed by atoms with van der Waals surface area (Å²) in [5, 5.41) is 23.7. The van der Waals surface area contributed by atoms with Gasteiger partial charge in [-0.2, -0.15) is 5.10 Å². The Morgan fingerprint density at radius 2 is 2.17 bits per heavy atom. The Labute approximate surface area is 132 Å². The molecule has 0 aliphatic carbocycles. The van der Waals surface area contributed by atoms with Gasteiger partial charge in [0.05, 0.1) is 11.2 Å². The number of carboxylic acid groups (broad SMARTS) is 1. The van der Waals surface area contributed by atoms with Gasteiger partial charge in [-0.1, -0.05) is 11.3 Å². The summed E-state index contributed by atoms with van der Waals surface area (Å²) >= 11 is 0. The van der Waals surface area contributed by atoms with Crippen LogP contribution in [0, 0.1) is 0 Å². The van der Waals surface area contributed by atoms with Crippen LogP contribution >= 0.6 is 0 Å². The van der Waals surface area contributed by atoms with Crippen molar-refractivity contribution in [3.8, 4) is 0 Å². The summed E-state index contributed by atoms with van der Waals surface area (Å²) < 4.78 is 1.86. The van der Waals surface area contributed by atoms with E-state index in [1.54, 1.807) is 6.07 Å². The molecule has 0 saturated carbocycles. The molecule has 0 amide bonds. The molecule has 1 aromatic carbocycles. The number of nitrogens with one attached hydrogen (secondary N) is 1. The average molecular weight is 314 g/mol. The minimum Gasteiger partial charge on any atom is -0.476 e. The third-order valence-corrected chi connectivity index (χ3v) is 3.62. The number of aromatic nitrogens is 5. The van der Waals surface area contributed by atoms with E-state index in [1.807, 2.05) is 30.8 Å². The minimum absolute atomic E-state index is 0.0333. The second kappa shape index (κ2) is 6.17. The van der Waals surface area contributed by atoms with Crippen molar-refractivity contribution < 1.29 is 9.90 Å². The number of rotatable bonds is 6. The van der Waals surface area contributed by atoms with Gasteiger partial charge in [-0.15, -0.1) is 5.10 Å². The standard InChI is InChI=1S/C15H18N6O2/c1-3-21-14-5-4-10(6-12(14)18-19-21)8-20(2)9-11-7-13(15(22)23)17-16-11/h4-7H,3,8-9H2,1-2H3,(H,16,17)(H,22,23). The van der Waals surface area contributed by atoms with Crippen LogP contribution in [0.1, 0.15) is 28.7 Å². The highest BCUT2D eigenvalue weighted by Gasteiger charge is 2.11. The molecule has 2 N–H and O–H groups in total. The highest BCUT2D eigenvalue weighted by atomic mass is 16.4. The van der Waals surface area contributed by atoms with Gasteiger partial charge in [-0.25, -0.2) is 9.48 Å². The van der Waals surface area contributed by atoms with E-state index in [9.17, 15) is 4.79 Å². The van der Waals surface area contributed by atoms with Gasteiger partial charge in [0.15, 0.2) is 5.69 Å². The van der Waals surface area contributed by atoms with E-state index >= 15 is 0 Å². The lowest BCUT2D eigenvalue weighted by Gasteiger charge is -2.15. The number of hydrogen-bond acceptors (Lipinski definition) is 5. The number of H-pyrrole nitrogens is 1. The van der Waals surface area contributed by atoms with Crippen molar-refractivity contribution in [1.82, 2.24) is 30.1 Å². The van der Waals surface area contributed by atoms with Crippen LogP contribution in [0.25, 0.3) is 11.0 Å². The zero-order valence-electron chi connectivity index (χ0n) is 13.0. The van der Waals surface area contributed by atoms with Gasteiger partial charge in [0.25, 0.3) is 0 Å². The second-order valence-corrected chi connectivity index (χ2v) is 5.48. The maximum absolute atomic E-state index is 10.8. The fourth-order valence-electron chi connectivity index (χ4n) is 2.56. The first kappa shape index (κ1) is 15.2. The van der Waals surface area contributed by atoms with Crippen molar-refractivity contribution >= 4 is 17.0 Å². The van der Waals surface area contributed by atoms with E-state index in [-0.39, 0.29) is 5.69 Å². The molecule has 0 radical (unpaired) electrons. The molecule has 0 spiro atoms. The smallest absolute Gasteiger partial charge is 0.356 e. The van der Waals surface area contributed by atoms with E-state index in [4.69, 9.17) is 5.11 Å². The number of fused-ring (bicyclic) bond motifs is 1. The average Bonchev–Trinajstić information content (AvgIpc) is 3.13. The third kappa shape index (κ3) is 3.21. The largest absolute Gasteiger partial charge is 0.476 e. The molecule has 2 heterocycles. The Kier molecular flexibility index (Phi) is 4.07. The molecule has 8 nitrogen and oxygen atoms in total. The number of nitrogens with zero attached hydrogens (tertiary/aromatic N) is 5. The molecule has 8 heteroatoms. The summed E-state index contributed by atoms with van der Waals surface area (Å²) in [6, 6.07) is 7.67. The van der Waals surface area contributed by atoms with Gasteiger partial charge < -0.3 is 5.11 Å². The Morgan fingerprint density at radius 1 is 1.35 bits per heavy atom. The van der Waals surface area contributed by atoms with Gasteiger partial charge in [-0.3, -0.25) is 10.00 Å². The first-order valence-electron chi connectivity index (χ1n) is 7.35. The van der Waals surface area contributed by atoms with Crippen molar-refractivity contribution in [1.29, 1.82) is 0 Å². The van der Waals surface area contributed by atoms with Crippen LogP contribution in [0.3, 0.4) is 0 Å². The predicted octanol–water partition coefficient (Wildman–Crippen LogP) is 1.50. The van der Waals surface area contributed by atoms with Crippen LogP contribution in [0.5, 0.6) is 0 Å². The zero-order valence-corrected chi connectivity index (χ0v) is 13.0. The summed E-state index contributed by atoms with van der Waals surface area (Å²) in [7, 11) is 1.97. The SMILES string of the molecule is CCn1nnc2cc(CN(C)Cc3cc(C(=O)O)n[nH]3)ccc21. The van der Waals surface area contributed by atoms with Gasteiger partial charge in [0.2, 0.25) is 0 Å². The molecule has 0 aliphatic heterocycles. The Hall–Kier alpha value is -2.74. The zero-order chi connectivity index (χ0) is 16.4. The lowest BCUT2D eigenvalue weighted by Crippen LogP contribution is -2.17. The molecule has 120 valence electrons. The maximum atomic E-state index is 10.8. The van der Waals surface area contributed by atoms with Crippen LogP contribution in [0.15, 0.2) is 24.3 Å². The minimum atomic E-state index is -1.03. The van der Waals surface area contributed by atoms with Crippen LogP contribution in [-0.2, 0) is 19.6 Å². The Bertz CT molecular complexity index is 837. The van der Waals surface area contributed by atoms with Crippen molar-refractivity contribution in [3.05, 3.63) is 41.2 Å². The van der Waals surface area contributed by atoms with Gasteiger partial charge in [0.1, 0.15) is 5.52 Å². The highest BCUT2D eigenvalue weighted by molar-refractivity contribution is 5.85. The summed E-state index contributed by atoms with van der Waals surface area (Å²) in [5.41, 5.74) is 3.83. The predicted molar refractivity (Wildman–Crippen MR) is 83.9 cm³/mol. The van der Waals surface area contributed by atoms with E-state index < -0.39 is 5.97 Å². The summed E-state index contributed by atoms with van der Waals surface area (Å²) in [6.07, 6.45) is 0. The van der Waals surface area contributed by atoms with Gasteiger partial charge in [-0.05, 0) is 37.7 Å². The maximum Gasteiger partial charge on any atom is 0.356 e. The van der Waals surface area contributed by atoms with E-state index in [2.05, 4.69) is 31.5 Å². The molecule has 3 aromatic rings. The van der Waals surface area contributed by atoms with Crippen molar-refractivity contribution in [2.75, 3.05) is 7.05 Å². The highest BCUT2D eigenvalue weighted by Crippen LogP contribution is 2.15. The molecular weight excluding hydrogens is 296 g/mol. The summed E-state index contributed by atoms with van der Waals surface area (Å²) in [4.78, 5) is 12.9. The topological polar surface area (TPSA) is 99.9 Å². The van der Waals surface area contributed by atoms with E-state index in [0.29, 0.717) is 6.54 Å². The number of hydrogen-bond donors (Lipinski definition) is 2. The monoisotopic (exact) mass is 314 g/mol. The third-order valence-electron chi connectivity index (χ3n) is 3.62. The molecule has 0 aliphatic rings. The fourth-order valence-corrected chi connectivity index (χ4v) is 2.56. The molecule has 0 bridgehead atoms. The number of aromatic amines is 1. The summed E-state index contributed by atoms with van der Waals surface area (Å²) in [6.45, 7) is 4.13. The first-order valence-corrected chi connectivity index (χ1v) is 7.35. The van der Waals surface area contributed by atoms with Crippen molar-refractivity contribution in [2.45, 2.75) is 26.6 Å². The normalized spacial score (nSPS) is 11.4. The molecular formula is C15H18N6O2. The molecule has 0 saturated heterocycles. The number of aromatic carboxylic acids is 1. The quantitative estimate of drug-likeness (QED) is 0.715. The first-order chi connectivity index (χ1) is 11.1. The molecule has 0 atom stereocenters. The fraction of sp³-hybridized carbons (Fsp3) is 0.333. The number of aryl methyl sites for hydroxylation is 1. The Morgan fingerprint density at radius 3 is 2.87 bits per heavy atom. The number of carboxylic acids is 1. The van der Waals surface area contributed by atoms with E-state index in [0.717, 1.165) is 35.4 Å². The van der Waals surface area contributed by atoms with Crippen LogP contribution in [0.2, 0.25) is 0 Å². The van der Waals surface area contributed by atoms with Gasteiger partial charge >= 0.3 is 5.97 Å².